The molecule has 1 aliphatic carbocycles. The van der Waals surface area contributed by atoms with E-state index in [-0.39, 0.29) is 17.1 Å². The number of aliphatic hydroxyl groups is 1. The second kappa shape index (κ2) is 3.00. The van der Waals surface area contributed by atoms with Crippen LogP contribution in [0.1, 0.15) is 40.5 Å². The Morgan fingerprint density at radius 3 is 2.17 bits per heavy atom. The van der Waals surface area contributed by atoms with E-state index < -0.39 is 0 Å². The maximum atomic E-state index is 9.08. The van der Waals surface area contributed by atoms with Gasteiger partial charge in [-0.25, -0.2) is 0 Å². The van der Waals surface area contributed by atoms with E-state index in [1.54, 1.807) is 6.92 Å². The Balaban J connectivity index is 2.40. The van der Waals surface area contributed by atoms with Crippen LogP contribution >= 0.6 is 0 Å². The predicted octanol–water partition coefficient (Wildman–Crippen LogP) is 1.96. The third kappa shape index (κ3) is 1.99. The molecule has 0 bridgehead atoms. The standard InChI is InChI=1S/C10H20O2/c1-8(11)7-12-10(5-6-10)9(2,3)4/h8,11H,5-7H2,1-4H3. The zero-order valence-electron chi connectivity index (χ0n) is 8.55. The number of hydrogen-bond acceptors (Lipinski definition) is 2. The molecule has 1 rings (SSSR count). The molecular formula is C10H20O2. The van der Waals surface area contributed by atoms with Crippen LogP contribution in [-0.4, -0.2) is 23.4 Å². The molecule has 0 saturated heterocycles. The minimum atomic E-state index is -0.343. The third-order valence-electron chi connectivity index (χ3n) is 2.67. The van der Waals surface area contributed by atoms with Crippen LogP contribution in [0.4, 0.5) is 0 Å². The normalized spacial score (nSPS) is 23.8. The van der Waals surface area contributed by atoms with Crippen molar-refractivity contribution in [1.82, 2.24) is 0 Å². The lowest BCUT2D eigenvalue weighted by molar-refractivity contribution is -0.0701. The Morgan fingerprint density at radius 1 is 1.42 bits per heavy atom. The van der Waals surface area contributed by atoms with Gasteiger partial charge in [-0.05, 0) is 25.2 Å². The molecular weight excluding hydrogens is 152 g/mol. The predicted molar refractivity (Wildman–Crippen MR) is 49.1 cm³/mol. The molecule has 0 aromatic heterocycles. The smallest absolute Gasteiger partial charge is 0.0745 e. The van der Waals surface area contributed by atoms with Crippen LogP contribution in [0.2, 0.25) is 0 Å². The van der Waals surface area contributed by atoms with Crippen LogP contribution in [0.15, 0.2) is 0 Å². The van der Waals surface area contributed by atoms with Gasteiger partial charge in [-0.15, -0.1) is 0 Å². The van der Waals surface area contributed by atoms with Gasteiger partial charge in [0.2, 0.25) is 0 Å². The minimum Gasteiger partial charge on any atom is -0.391 e. The summed E-state index contributed by atoms with van der Waals surface area (Å²) in [6.07, 6.45) is 1.94. The number of rotatable bonds is 3. The monoisotopic (exact) mass is 172 g/mol. The SMILES string of the molecule is CC(O)COC1(C(C)(C)C)CC1. The minimum absolute atomic E-state index is 0.0595. The summed E-state index contributed by atoms with van der Waals surface area (Å²) in [5, 5.41) is 9.08. The van der Waals surface area contributed by atoms with Gasteiger partial charge in [-0.1, -0.05) is 20.8 Å². The van der Waals surface area contributed by atoms with E-state index >= 15 is 0 Å². The molecule has 1 saturated carbocycles. The second-order valence-corrected chi connectivity index (χ2v) is 4.90. The molecule has 0 heterocycles. The molecule has 1 atom stereocenters. The van der Waals surface area contributed by atoms with Gasteiger partial charge in [0.05, 0.1) is 18.3 Å². The first kappa shape index (κ1) is 10.0. The molecule has 1 N–H and O–H groups in total. The van der Waals surface area contributed by atoms with Crippen LogP contribution in [0.25, 0.3) is 0 Å². The lowest BCUT2D eigenvalue weighted by Gasteiger charge is -2.31. The molecule has 1 unspecified atom stereocenters. The second-order valence-electron chi connectivity index (χ2n) is 4.90. The quantitative estimate of drug-likeness (QED) is 0.705. The third-order valence-corrected chi connectivity index (χ3v) is 2.67. The summed E-state index contributed by atoms with van der Waals surface area (Å²) in [6.45, 7) is 8.82. The Hall–Kier alpha value is -0.0800. The van der Waals surface area contributed by atoms with E-state index in [1.165, 1.54) is 0 Å². The largest absolute Gasteiger partial charge is 0.391 e. The van der Waals surface area contributed by atoms with Crippen LogP contribution in [0, 0.1) is 5.41 Å². The first-order valence-electron chi connectivity index (χ1n) is 4.69. The van der Waals surface area contributed by atoms with Crippen molar-refractivity contribution >= 4 is 0 Å². The number of hydrogen-bond donors (Lipinski definition) is 1. The van der Waals surface area contributed by atoms with Gasteiger partial charge in [0.15, 0.2) is 0 Å². The summed E-state index contributed by atoms with van der Waals surface area (Å²) in [4.78, 5) is 0. The summed E-state index contributed by atoms with van der Waals surface area (Å²) in [7, 11) is 0. The Morgan fingerprint density at radius 2 is 1.92 bits per heavy atom. The zero-order valence-corrected chi connectivity index (χ0v) is 8.55. The van der Waals surface area contributed by atoms with Crippen molar-refractivity contribution in [2.45, 2.75) is 52.2 Å². The molecule has 2 heteroatoms. The molecule has 0 aromatic rings. The summed E-state index contributed by atoms with van der Waals surface area (Å²) in [5.74, 6) is 0. The lowest BCUT2D eigenvalue weighted by atomic mass is 9.86. The first-order valence-corrected chi connectivity index (χ1v) is 4.69. The average Bonchev–Trinajstić information content (AvgIpc) is 2.60. The highest BCUT2D eigenvalue weighted by molar-refractivity contribution is 5.04. The van der Waals surface area contributed by atoms with Gasteiger partial charge in [0.25, 0.3) is 0 Å². The van der Waals surface area contributed by atoms with Crippen LogP contribution < -0.4 is 0 Å². The van der Waals surface area contributed by atoms with Crippen molar-refractivity contribution in [1.29, 1.82) is 0 Å². The van der Waals surface area contributed by atoms with Gasteiger partial charge < -0.3 is 9.84 Å². The van der Waals surface area contributed by atoms with Crippen LogP contribution in [0.3, 0.4) is 0 Å². The topological polar surface area (TPSA) is 29.5 Å². The van der Waals surface area contributed by atoms with Gasteiger partial charge in [-0.3, -0.25) is 0 Å². The van der Waals surface area contributed by atoms with E-state index in [2.05, 4.69) is 20.8 Å². The molecule has 0 radical (unpaired) electrons. The van der Waals surface area contributed by atoms with E-state index in [4.69, 9.17) is 9.84 Å². The molecule has 0 aliphatic heterocycles. The summed E-state index contributed by atoms with van der Waals surface area (Å²) < 4.78 is 5.72. The van der Waals surface area contributed by atoms with E-state index in [9.17, 15) is 0 Å². The zero-order chi connectivity index (χ0) is 9.41. The fraction of sp³-hybridized carbons (Fsp3) is 1.00. The molecule has 72 valence electrons. The fourth-order valence-corrected chi connectivity index (χ4v) is 1.50. The summed E-state index contributed by atoms with van der Waals surface area (Å²) >= 11 is 0. The van der Waals surface area contributed by atoms with Gasteiger partial charge >= 0.3 is 0 Å². The maximum Gasteiger partial charge on any atom is 0.0745 e. The molecule has 12 heavy (non-hydrogen) atoms. The van der Waals surface area contributed by atoms with Crippen molar-refractivity contribution in [3.8, 4) is 0 Å². The lowest BCUT2D eigenvalue weighted by Crippen LogP contribution is -2.33. The van der Waals surface area contributed by atoms with Crippen molar-refractivity contribution in [3.05, 3.63) is 0 Å². The van der Waals surface area contributed by atoms with Crippen molar-refractivity contribution < 1.29 is 9.84 Å². The molecule has 1 aliphatic rings. The maximum absolute atomic E-state index is 9.08. The van der Waals surface area contributed by atoms with Crippen molar-refractivity contribution in [2.75, 3.05) is 6.61 Å². The number of ether oxygens (including phenoxy) is 1. The Labute approximate surface area is 74.9 Å². The van der Waals surface area contributed by atoms with E-state index in [0.717, 1.165) is 12.8 Å². The molecule has 1 fully saturated rings. The molecule has 0 amide bonds. The highest BCUT2D eigenvalue weighted by atomic mass is 16.5. The molecule has 2 nitrogen and oxygen atoms in total. The first-order chi connectivity index (χ1) is 5.37. The van der Waals surface area contributed by atoms with Gasteiger partial charge in [0, 0.05) is 0 Å². The van der Waals surface area contributed by atoms with Crippen molar-refractivity contribution in [3.63, 3.8) is 0 Å². The van der Waals surface area contributed by atoms with E-state index in [0.29, 0.717) is 6.61 Å². The highest BCUT2D eigenvalue weighted by Crippen LogP contribution is 2.52. The fourth-order valence-electron chi connectivity index (χ4n) is 1.50. The van der Waals surface area contributed by atoms with E-state index in [1.807, 2.05) is 0 Å². The van der Waals surface area contributed by atoms with Gasteiger partial charge in [0.1, 0.15) is 0 Å². The summed E-state index contributed by atoms with van der Waals surface area (Å²) in [5.41, 5.74) is 0.270. The molecule has 0 spiro atoms. The summed E-state index contributed by atoms with van der Waals surface area (Å²) in [6, 6.07) is 0. The Kier molecular flexibility index (Phi) is 2.50. The van der Waals surface area contributed by atoms with Crippen LogP contribution in [-0.2, 0) is 4.74 Å². The Bertz CT molecular complexity index is 152. The van der Waals surface area contributed by atoms with Crippen molar-refractivity contribution in [2.24, 2.45) is 5.41 Å². The highest BCUT2D eigenvalue weighted by Gasteiger charge is 2.53. The average molecular weight is 172 g/mol. The van der Waals surface area contributed by atoms with Gasteiger partial charge in [-0.2, -0.15) is 0 Å². The van der Waals surface area contributed by atoms with Crippen LogP contribution in [0.5, 0.6) is 0 Å². The molecule has 0 aromatic carbocycles. The number of aliphatic hydroxyl groups excluding tert-OH is 1.